The van der Waals surface area contributed by atoms with E-state index in [9.17, 15) is 14.0 Å². The number of thiazole rings is 1. The van der Waals surface area contributed by atoms with Crippen LogP contribution in [-0.2, 0) is 4.79 Å². The average molecular weight is 483 g/mol. The normalized spacial score (nSPS) is 16.8. The smallest absolute Gasteiger partial charge is 0.256 e. The number of carbonyl (C=O) groups excluding carboxylic acids is 2. The fourth-order valence-electron chi connectivity index (χ4n) is 4.17. The van der Waals surface area contributed by atoms with Crippen molar-refractivity contribution in [2.45, 2.75) is 31.7 Å². The second-order valence-electron chi connectivity index (χ2n) is 8.14. The maximum absolute atomic E-state index is 13.3. The molecule has 2 aromatic carbocycles. The second-order valence-corrected chi connectivity index (χ2v) is 9.17. The molecule has 2 aliphatic rings. The van der Waals surface area contributed by atoms with E-state index in [1.54, 1.807) is 18.2 Å². The van der Waals surface area contributed by atoms with E-state index in [2.05, 4.69) is 15.3 Å². The van der Waals surface area contributed by atoms with Crippen LogP contribution in [0.5, 0.6) is 11.5 Å². The first kappa shape index (κ1) is 22.3. The van der Waals surface area contributed by atoms with Gasteiger partial charge in [0.2, 0.25) is 5.91 Å². The third-order valence-corrected chi connectivity index (χ3v) is 6.81. The van der Waals surface area contributed by atoms with E-state index >= 15 is 0 Å². The summed E-state index contributed by atoms with van der Waals surface area (Å²) in [5, 5.41) is 3.18. The van der Waals surface area contributed by atoms with Crippen molar-refractivity contribution < 1.29 is 23.5 Å². The molecule has 10 heteroatoms. The van der Waals surface area contributed by atoms with E-state index in [4.69, 9.17) is 9.47 Å². The van der Waals surface area contributed by atoms with Gasteiger partial charge in [-0.1, -0.05) is 11.3 Å². The summed E-state index contributed by atoms with van der Waals surface area (Å²) in [7, 11) is 1.52. The summed E-state index contributed by atoms with van der Waals surface area (Å²) in [5.41, 5.74) is 1.57. The lowest BCUT2D eigenvalue weighted by Crippen LogP contribution is -2.35. The Kier molecular flexibility index (Phi) is 6.14. The van der Waals surface area contributed by atoms with Gasteiger partial charge in [-0.15, -0.1) is 0 Å². The molecule has 0 spiro atoms. The number of carbonyl (C=O) groups is 2. The van der Waals surface area contributed by atoms with Crippen molar-refractivity contribution in [1.82, 2.24) is 9.88 Å². The van der Waals surface area contributed by atoms with Gasteiger partial charge in [-0.3, -0.25) is 14.6 Å². The van der Waals surface area contributed by atoms with Crippen LogP contribution in [-0.4, -0.2) is 54.2 Å². The predicted molar refractivity (Wildman–Crippen MR) is 128 cm³/mol. The molecule has 0 unspecified atom stereocenters. The Morgan fingerprint density at radius 1 is 1.29 bits per heavy atom. The molecule has 2 aliphatic heterocycles. The topological polar surface area (TPSA) is 93.1 Å². The number of methoxy groups -OCH3 is 1. The molecule has 176 valence electrons. The number of fused-ring (bicyclic) bond motifs is 3. The van der Waals surface area contributed by atoms with Crippen LogP contribution in [0.3, 0.4) is 0 Å². The number of nitrogens with zero attached hydrogens (tertiary/aromatic N) is 3. The summed E-state index contributed by atoms with van der Waals surface area (Å²) in [5.74, 6) is 0.311. The third-order valence-electron chi connectivity index (χ3n) is 5.86. The number of ether oxygens (including phenoxy) is 2. The SMILES string of the molecule is COc1cc2c(cc1OCCCC(=O)Nc1nc3cc(F)ccc3s1)N=C[C@@H]1CCCN1C2=O. The number of rotatable bonds is 7. The molecule has 1 N–H and O–H groups in total. The first-order valence-corrected chi connectivity index (χ1v) is 11.9. The van der Waals surface area contributed by atoms with Crippen molar-refractivity contribution in [2.75, 3.05) is 25.6 Å². The predicted octanol–water partition coefficient (Wildman–Crippen LogP) is 4.56. The van der Waals surface area contributed by atoms with Crippen molar-refractivity contribution in [2.24, 2.45) is 4.99 Å². The molecule has 5 rings (SSSR count). The Hall–Kier alpha value is -3.53. The van der Waals surface area contributed by atoms with Gasteiger partial charge in [0.15, 0.2) is 16.6 Å². The van der Waals surface area contributed by atoms with Crippen molar-refractivity contribution >= 4 is 50.4 Å². The van der Waals surface area contributed by atoms with E-state index in [-0.39, 0.29) is 36.7 Å². The Bertz CT molecular complexity index is 1290. The Morgan fingerprint density at radius 2 is 2.18 bits per heavy atom. The van der Waals surface area contributed by atoms with Crippen LogP contribution in [0.4, 0.5) is 15.2 Å². The standard InChI is InChI=1S/C24H23FN4O4S/c1-32-19-11-16-17(26-13-15-4-2-8-29(15)23(16)31)12-20(19)33-9-3-5-22(30)28-24-27-18-10-14(25)6-7-21(18)34-24/h6-7,10-13,15H,2-5,8-9H2,1H3,(H,27,28,30)/t15-/m0/s1. The van der Waals surface area contributed by atoms with Crippen LogP contribution in [0.15, 0.2) is 35.3 Å². The molecule has 1 aromatic heterocycles. The maximum Gasteiger partial charge on any atom is 0.256 e. The van der Waals surface area contributed by atoms with Crippen molar-refractivity contribution in [3.63, 3.8) is 0 Å². The molecule has 34 heavy (non-hydrogen) atoms. The summed E-state index contributed by atoms with van der Waals surface area (Å²) in [6.45, 7) is 1.01. The number of halogens is 1. The largest absolute Gasteiger partial charge is 0.493 e. The van der Waals surface area contributed by atoms with E-state index in [1.807, 2.05) is 11.1 Å². The first-order valence-electron chi connectivity index (χ1n) is 11.1. The molecule has 0 aliphatic carbocycles. The highest BCUT2D eigenvalue weighted by atomic mass is 32.1. The zero-order valence-electron chi connectivity index (χ0n) is 18.5. The van der Waals surface area contributed by atoms with E-state index in [0.29, 0.717) is 39.8 Å². The van der Waals surface area contributed by atoms with Crippen molar-refractivity contribution in [3.8, 4) is 11.5 Å². The monoisotopic (exact) mass is 482 g/mol. The summed E-state index contributed by atoms with van der Waals surface area (Å²) >= 11 is 1.29. The van der Waals surface area contributed by atoms with Crippen LogP contribution >= 0.6 is 11.3 Å². The number of aromatic nitrogens is 1. The Labute approximate surface area is 199 Å². The Balaban J connectivity index is 1.19. The van der Waals surface area contributed by atoms with Crippen LogP contribution in [0.25, 0.3) is 10.2 Å². The maximum atomic E-state index is 13.3. The highest BCUT2D eigenvalue weighted by molar-refractivity contribution is 7.22. The van der Waals surface area contributed by atoms with Crippen molar-refractivity contribution in [3.05, 3.63) is 41.7 Å². The van der Waals surface area contributed by atoms with Gasteiger partial charge in [0.25, 0.3) is 5.91 Å². The van der Waals surface area contributed by atoms with Gasteiger partial charge in [-0.2, -0.15) is 0 Å². The molecule has 8 nitrogen and oxygen atoms in total. The van der Waals surface area contributed by atoms with E-state index in [1.165, 1.54) is 30.6 Å². The minimum Gasteiger partial charge on any atom is -0.493 e. The number of amides is 2. The average Bonchev–Trinajstić information content (AvgIpc) is 3.43. The van der Waals surface area contributed by atoms with Crippen molar-refractivity contribution in [1.29, 1.82) is 0 Å². The van der Waals surface area contributed by atoms with Gasteiger partial charge in [-0.05, 0) is 37.5 Å². The summed E-state index contributed by atoms with van der Waals surface area (Å²) in [6, 6.07) is 7.76. The molecule has 0 saturated carbocycles. The van der Waals surface area contributed by atoms with Gasteiger partial charge in [0, 0.05) is 31.3 Å². The van der Waals surface area contributed by atoms with Gasteiger partial charge in [-0.25, -0.2) is 9.37 Å². The fraction of sp³-hybridized carbons (Fsp3) is 0.333. The lowest BCUT2D eigenvalue weighted by Gasteiger charge is -2.20. The molecule has 2 amide bonds. The lowest BCUT2D eigenvalue weighted by molar-refractivity contribution is -0.116. The molecule has 0 radical (unpaired) electrons. The summed E-state index contributed by atoms with van der Waals surface area (Å²) in [6.07, 6.45) is 4.41. The Morgan fingerprint density at radius 3 is 3.03 bits per heavy atom. The minimum atomic E-state index is -0.364. The third kappa shape index (κ3) is 4.45. The highest BCUT2D eigenvalue weighted by Crippen LogP contribution is 2.38. The van der Waals surface area contributed by atoms with Gasteiger partial charge < -0.3 is 19.7 Å². The van der Waals surface area contributed by atoms with Gasteiger partial charge in [0.1, 0.15) is 5.82 Å². The van der Waals surface area contributed by atoms with Gasteiger partial charge >= 0.3 is 0 Å². The molecular weight excluding hydrogens is 459 g/mol. The fourth-order valence-corrected chi connectivity index (χ4v) is 5.03. The number of benzene rings is 2. The number of nitrogens with one attached hydrogen (secondary N) is 1. The molecule has 1 saturated heterocycles. The second kappa shape index (κ2) is 9.38. The zero-order chi connectivity index (χ0) is 23.7. The van der Waals surface area contributed by atoms with Crippen LogP contribution in [0, 0.1) is 5.82 Å². The first-order chi connectivity index (χ1) is 16.5. The molecular formula is C24H23FN4O4S. The number of anilines is 1. The zero-order valence-corrected chi connectivity index (χ0v) is 19.4. The van der Waals surface area contributed by atoms with Crippen LogP contribution in [0.1, 0.15) is 36.0 Å². The minimum absolute atomic E-state index is 0.0308. The molecule has 3 aromatic rings. The summed E-state index contributed by atoms with van der Waals surface area (Å²) < 4.78 is 25.4. The van der Waals surface area contributed by atoms with E-state index < -0.39 is 0 Å². The lowest BCUT2D eigenvalue weighted by atomic mass is 10.1. The quantitative estimate of drug-likeness (QED) is 0.498. The number of hydrogen-bond donors (Lipinski definition) is 1. The highest BCUT2D eigenvalue weighted by Gasteiger charge is 2.32. The molecule has 1 fully saturated rings. The molecule has 1 atom stereocenters. The molecule has 0 bridgehead atoms. The number of hydrogen-bond acceptors (Lipinski definition) is 7. The number of aliphatic imine (C=N–C) groups is 1. The van der Waals surface area contributed by atoms with Gasteiger partial charge in [0.05, 0.1) is 41.2 Å². The van der Waals surface area contributed by atoms with Crippen LogP contribution in [0.2, 0.25) is 0 Å². The molecule has 3 heterocycles. The summed E-state index contributed by atoms with van der Waals surface area (Å²) in [4.78, 5) is 35.8. The van der Waals surface area contributed by atoms with E-state index in [0.717, 1.165) is 24.1 Å². The van der Waals surface area contributed by atoms with Crippen LogP contribution < -0.4 is 14.8 Å².